The van der Waals surface area contributed by atoms with Crippen LogP contribution in [0.25, 0.3) is 5.65 Å². The van der Waals surface area contributed by atoms with E-state index in [1.165, 1.54) is 30.5 Å². The number of nitrogens with zero attached hydrogens (tertiary/aromatic N) is 3. The molecule has 19 heavy (non-hydrogen) atoms. The third-order valence-corrected chi connectivity index (χ3v) is 3.87. The Labute approximate surface area is 114 Å². The van der Waals surface area contributed by atoms with Gasteiger partial charge in [-0.15, -0.1) is 0 Å². The van der Waals surface area contributed by atoms with E-state index in [1.54, 1.807) is 6.33 Å². The van der Waals surface area contributed by atoms with Gasteiger partial charge in [0.2, 0.25) is 0 Å². The highest BCUT2D eigenvalue weighted by atomic mass is 15.3. The van der Waals surface area contributed by atoms with Crippen molar-refractivity contribution in [2.75, 3.05) is 6.54 Å². The quantitative estimate of drug-likeness (QED) is 0.865. The van der Waals surface area contributed by atoms with Gasteiger partial charge in [-0.05, 0) is 56.3 Å². The van der Waals surface area contributed by atoms with Crippen molar-refractivity contribution in [2.45, 2.75) is 45.6 Å². The molecule has 4 heteroatoms. The molecule has 1 saturated carbocycles. The zero-order valence-electron chi connectivity index (χ0n) is 11.8. The largest absolute Gasteiger partial charge is 0.313 e. The molecule has 1 fully saturated rings. The Morgan fingerprint density at radius 3 is 3.00 bits per heavy atom. The lowest BCUT2D eigenvalue weighted by Crippen LogP contribution is -2.34. The van der Waals surface area contributed by atoms with Crippen LogP contribution in [-0.4, -0.2) is 27.2 Å². The lowest BCUT2D eigenvalue weighted by atomic mass is 10.0. The van der Waals surface area contributed by atoms with E-state index in [-0.39, 0.29) is 0 Å². The summed E-state index contributed by atoms with van der Waals surface area (Å²) >= 11 is 0. The molecule has 1 aliphatic carbocycles. The van der Waals surface area contributed by atoms with E-state index >= 15 is 0 Å². The minimum atomic E-state index is 0.592. The van der Waals surface area contributed by atoms with Gasteiger partial charge in [0.15, 0.2) is 5.65 Å². The molecule has 1 unspecified atom stereocenters. The summed E-state index contributed by atoms with van der Waals surface area (Å²) in [6.07, 6.45) is 6.62. The summed E-state index contributed by atoms with van der Waals surface area (Å²) in [5.74, 6) is 0.852. The standard InChI is InChI=1S/C15H22N4/c1-3-6-16-14(12-4-5-12)9-13-7-11(2)8-15-17-10-18-19(13)15/h7-8,10,12,14,16H,3-6,9H2,1-2H3. The fourth-order valence-electron chi connectivity index (χ4n) is 2.74. The van der Waals surface area contributed by atoms with Gasteiger partial charge in [0.05, 0.1) is 0 Å². The second kappa shape index (κ2) is 5.29. The Morgan fingerprint density at radius 1 is 1.42 bits per heavy atom. The van der Waals surface area contributed by atoms with Crippen LogP contribution in [0.15, 0.2) is 18.5 Å². The first-order valence-corrected chi connectivity index (χ1v) is 7.30. The molecule has 3 rings (SSSR count). The van der Waals surface area contributed by atoms with Crippen molar-refractivity contribution in [2.24, 2.45) is 5.92 Å². The number of rotatable bonds is 6. The van der Waals surface area contributed by atoms with Crippen molar-refractivity contribution in [3.8, 4) is 0 Å². The molecule has 2 heterocycles. The molecule has 0 aromatic carbocycles. The summed E-state index contributed by atoms with van der Waals surface area (Å²) in [5, 5.41) is 8.05. The van der Waals surface area contributed by atoms with Crippen LogP contribution in [-0.2, 0) is 6.42 Å². The summed E-state index contributed by atoms with van der Waals surface area (Å²) < 4.78 is 1.98. The Balaban J connectivity index is 1.84. The molecule has 0 spiro atoms. The van der Waals surface area contributed by atoms with Crippen LogP contribution in [0.2, 0.25) is 0 Å². The minimum absolute atomic E-state index is 0.592. The van der Waals surface area contributed by atoms with Crippen molar-refractivity contribution < 1.29 is 0 Å². The van der Waals surface area contributed by atoms with Gasteiger partial charge in [-0.3, -0.25) is 0 Å². The fourth-order valence-corrected chi connectivity index (χ4v) is 2.74. The molecular weight excluding hydrogens is 236 g/mol. The highest BCUT2D eigenvalue weighted by Gasteiger charge is 2.31. The Hall–Kier alpha value is -1.42. The van der Waals surface area contributed by atoms with Gasteiger partial charge < -0.3 is 5.32 Å². The maximum Gasteiger partial charge on any atom is 0.155 e. The molecule has 0 saturated heterocycles. The number of fused-ring (bicyclic) bond motifs is 1. The van der Waals surface area contributed by atoms with E-state index in [9.17, 15) is 0 Å². The SMILES string of the molecule is CCCNC(Cc1cc(C)cc2ncnn12)C1CC1. The molecule has 1 aliphatic rings. The number of aryl methyl sites for hydroxylation is 1. The van der Waals surface area contributed by atoms with Crippen molar-refractivity contribution >= 4 is 5.65 Å². The predicted molar refractivity (Wildman–Crippen MR) is 76.2 cm³/mol. The summed E-state index contributed by atoms with van der Waals surface area (Å²) in [6.45, 7) is 5.45. The van der Waals surface area contributed by atoms with Crippen LogP contribution >= 0.6 is 0 Å². The maximum atomic E-state index is 4.35. The number of pyridine rings is 1. The molecule has 2 aromatic rings. The van der Waals surface area contributed by atoms with E-state index in [0.717, 1.165) is 24.5 Å². The monoisotopic (exact) mass is 258 g/mol. The van der Waals surface area contributed by atoms with E-state index in [1.807, 2.05) is 4.52 Å². The molecule has 1 N–H and O–H groups in total. The molecule has 1 atom stereocenters. The average Bonchev–Trinajstić information content (AvgIpc) is 3.13. The van der Waals surface area contributed by atoms with Crippen molar-refractivity contribution in [3.05, 3.63) is 29.7 Å². The Morgan fingerprint density at radius 2 is 2.26 bits per heavy atom. The molecule has 102 valence electrons. The lowest BCUT2D eigenvalue weighted by molar-refractivity contribution is 0.453. The summed E-state index contributed by atoms with van der Waals surface area (Å²) in [5.41, 5.74) is 3.49. The van der Waals surface area contributed by atoms with Crippen LogP contribution < -0.4 is 5.32 Å². The van der Waals surface area contributed by atoms with Crippen LogP contribution in [0.3, 0.4) is 0 Å². The highest BCUT2D eigenvalue weighted by Crippen LogP contribution is 2.34. The van der Waals surface area contributed by atoms with Gasteiger partial charge in [-0.2, -0.15) is 5.10 Å². The molecule has 4 nitrogen and oxygen atoms in total. The second-order valence-corrected chi connectivity index (χ2v) is 5.66. The summed E-state index contributed by atoms with van der Waals surface area (Å²) in [4.78, 5) is 4.30. The maximum absolute atomic E-state index is 4.35. The molecule has 2 aromatic heterocycles. The first-order chi connectivity index (χ1) is 9.28. The van der Waals surface area contributed by atoms with Crippen LogP contribution in [0.5, 0.6) is 0 Å². The average molecular weight is 258 g/mol. The van der Waals surface area contributed by atoms with Gasteiger partial charge in [-0.25, -0.2) is 9.50 Å². The first-order valence-electron chi connectivity index (χ1n) is 7.30. The van der Waals surface area contributed by atoms with Crippen molar-refractivity contribution in [3.63, 3.8) is 0 Å². The minimum Gasteiger partial charge on any atom is -0.313 e. The van der Waals surface area contributed by atoms with Crippen molar-refractivity contribution in [1.29, 1.82) is 0 Å². The van der Waals surface area contributed by atoms with E-state index in [0.29, 0.717) is 6.04 Å². The van der Waals surface area contributed by atoms with Gasteiger partial charge >= 0.3 is 0 Å². The molecular formula is C15H22N4. The smallest absolute Gasteiger partial charge is 0.155 e. The second-order valence-electron chi connectivity index (χ2n) is 5.66. The van der Waals surface area contributed by atoms with Gasteiger partial charge in [0, 0.05) is 18.2 Å². The Kier molecular flexibility index (Phi) is 3.51. The topological polar surface area (TPSA) is 42.2 Å². The first kappa shape index (κ1) is 12.6. The van der Waals surface area contributed by atoms with E-state index < -0.39 is 0 Å². The van der Waals surface area contributed by atoms with E-state index in [4.69, 9.17) is 0 Å². The fraction of sp³-hybridized carbons (Fsp3) is 0.600. The molecule has 0 radical (unpaired) electrons. The highest BCUT2D eigenvalue weighted by molar-refractivity contribution is 5.41. The van der Waals surface area contributed by atoms with Crippen LogP contribution in [0.1, 0.15) is 37.4 Å². The van der Waals surface area contributed by atoms with Crippen molar-refractivity contribution in [1.82, 2.24) is 19.9 Å². The molecule has 0 amide bonds. The van der Waals surface area contributed by atoms with Gasteiger partial charge in [0.1, 0.15) is 6.33 Å². The van der Waals surface area contributed by atoms with Gasteiger partial charge in [-0.1, -0.05) is 6.92 Å². The molecule has 0 bridgehead atoms. The van der Waals surface area contributed by atoms with Gasteiger partial charge in [0.25, 0.3) is 0 Å². The number of hydrogen-bond donors (Lipinski definition) is 1. The predicted octanol–water partition coefficient (Wildman–Crippen LogP) is 2.36. The zero-order chi connectivity index (χ0) is 13.2. The zero-order valence-corrected chi connectivity index (χ0v) is 11.8. The normalized spacial score (nSPS) is 16.9. The van der Waals surface area contributed by atoms with E-state index in [2.05, 4.69) is 41.4 Å². The lowest BCUT2D eigenvalue weighted by Gasteiger charge is -2.18. The Bertz CT molecular complexity index is 556. The number of nitrogens with one attached hydrogen (secondary N) is 1. The van der Waals surface area contributed by atoms with Crippen LogP contribution in [0, 0.1) is 12.8 Å². The molecule has 0 aliphatic heterocycles. The summed E-state index contributed by atoms with van der Waals surface area (Å²) in [7, 11) is 0. The third kappa shape index (κ3) is 2.78. The summed E-state index contributed by atoms with van der Waals surface area (Å²) in [6, 6.07) is 4.92. The third-order valence-electron chi connectivity index (χ3n) is 3.87. The van der Waals surface area contributed by atoms with Crippen LogP contribution in [0.4, 0.5) is 0 Å². The number of hydrogen-bond acceptors (Lipinski definition) is 3. The number of aromatic nitrogens is 3.